The number of sulfonamides is 1. The lowest BCUT2D eigenvalue weighted by molar-refractivity contribution is -0.121. The van der Waals surface area contributed by atoms with Crippen molar-refractivity contribution in [1.82, 2.24) is 25.1 Å². The molecule has 148 valence electrons. The molecule has 2 aromatic heterocycles. The summed E-state index contributed by atoms with van der Waals surface area (Å²) >= 11 is 11.9. The Morgan fingerprint density at radius 1 is 1.29 bits per heavy atom. The third-order valence-corrected chi connectivity index (χ3v) is 6.01. The van der Waals surface area contributed by atoms with Gasteiger partial charge in [0.25, 0.3) is 10.0 Å². The Labute approximate surface area is 169 Å². The molecule has 0 spiro atoms. The number of ether oxygens (including phenoxy) is 1. The van der Waals surface area contributed by atoms with Crippen LogP contribution in [0.3, 0.4) is 0 Å². The first-order chi connectivity index (χ1) is 13.3. The van der Waals surface area contributed by atoms with E-state index in [2.05, 4.69) is 25.1 Å². The van der Waals surface area contributed by atoms with Gasteiger partial charge in [-0.3, -0.25) is 9.52 Å². The first-order valence-corrected chi connectivity index (χ1v) is 9.95. The van der Waals surface area contributed by atoms with E-state index in [4.69, 9.17) is 27.9 Å². The number of aromatic nitrogens is 4. The number of anilines is 1. The largest absolute Gasteiger partial charge is 0.479 e. The molecule has 0 aliphatic carbocycles. The standard InChI is InChI=1S/C15H14Cl2N6O4S/c1-18-10(24)6-23-14-11(15(21-23)27-2)13(19-7-20-14)22-28(25,26)9-5-3-4-8(16)12(9)17/h3-5,7H,6H2,1-2H3,(H,18,24)(H,19,20,22). The van der Waals surface area contributed by atoms with Gasteiger partial charge in [-0.05, 0) is 12.1 Å². The van der Waals surface area contributed by atoms with Crippen LogP contribution >= 0.6 is 23.2 Å². The van der Waals surface area contributed by atoms with E-state index in [1.165, 1.54) is 37.0 Å². The highest BCUT2D eigenvalue weighted by Gasteiger charge is 2.25. The number of benzene rings is 1. The van der Waals surface area contributed by atoms with Crippen molar-refractivity contribution in [2.75, 3.05) is 18.9 Å². The van der Waals surface area contributed by atoms with Gasteiger partial charge in [-0.1, -0.05) is 29.3 Å². The second kappa shape index (κ2) is 7.78. The lowest BCUT2D eigenvalue weighted by Gasteiger charge is -2.10. The molecule has 3 rings (SSSR count). The highest BCUT2D eigenvalue weighted by molar-refractivity contribution is 7.92. The Morgan fingerprint density at radius 3 is 2.71 bits per heavy atom. The lowest BCUT2D eigenvalue weighted by atomic mass is 10.4. The Hall–Kier alpha value is -2.63. The number of hydrogen-bond acceptors (Lipinski definition) is 7. The van der Waals surface area contributed by atoms with Crippen LogP contribution in [0.1, 0.15) is 0 Å². The number of nitrogens with one attached hydrogen (secondary N) is 2. The van der Waals surface area contributed by atoms with Crippen molar-refractivity contribution >= 4 is 56.0 Å². The molecule has 0 aliphatic heterocycles. The van der Waals surface area contributed by atoms with Crippen molar-refractivity contribution in [1.29, 1.82) is 0 Å². The van der Waals surface area contributed by atoms with Gasteiger partial charge in [-0.2, -0.15) is 0 Å². The maximum atomic E-state index is 12.8. The highest BCUT2D eigenvalue weighted by Crippen LogP contribution is 2.33. The van der Waals surface area contributed by atoms with E-state index in [0.717, 1.165) is 6.33 Å². The predicted molar refractivity (Wildman–Crippen MR) is 103 cm³/mol. The highest BCUT2D eigenvalue weighted by atomic mass is 35.5. The maximum Gasteiger partial charge on any atom is 0.264 e. The summed E-state index contributed by atoms with van der Waals surface area (Å²) in [6.45, 7) is -0.139. The van der Waals surface area contributed by atoms with Crippen LogP contribution in [-0.4, -0.2) is 48.2 Å². The molecule has 28 heavy (non-hydrogen) atoms. The van der Waals surface area contributed by atoms with Crippen LogP contribution in [0.2, 0.25) is 10.0 Å². The Morgan fingerprint density at radius 2 is 2.04 bits per heavy atom. The fraction of sp³-hybridized carbons (Fsp3) is 0.200. The van der Waals surface area contributed by atoms with E-state index in [0.29, 0.717) is 0 Å². The van der Waals surface area contributed by atoms with Gasteiger partial charge in [-0.15, -0.1) is 5.10 Å². The molecular formula is C15H14Cl2N6O4S. The summed E-state index contributed by atoms with van der Waals surface area (Å²) in [5.74, 6) is -0.353. The topological polar surface area (TPSA) is 128 Å². The van der Waals surface area contributed by atoms with Crippen LogP contribution in [0.25, 0.3) is 11.0 Å². The van der Waals surface area contributed by atoms with Gasteiger partial charge in [-0.25, -0.2) is 23.1 Å². The molecule has 0 atom stereocenters. The maximum absolute atomic E-state index is 12.8. The van der Waals surface area contributed by atoms with Crippen LogP contribution in [0.5, 0.6) is 5.88 Å². The van der Waals surface area contributed by atoms with E-state index < -0.39 is 10.0 Å². The van der Waals surface area contributed by atoms with E-state index in [1.807, 2.05) is 0 Å². The number of amides is 1. The summed E-state index contributed by atoms with van der Waals surface area (Å²) in [4.78, 5) is 19.5. The third kappa shape index (κ3) is 3.68. The van der Waals surface area contributed by atoms with E-state index in [9.17, 15) is 13.2 Å². The summed E-state index contributed by atoms with van der Waals surface area (Å²) in [5.41, 5.74) is 0.213. The minimum atomic E-state index is -4.13. The Bertz CT molecular complexity index is 1160. The fourth-order valence-electron chi connectivity index (χ4n) is 2.40. The van der Waals surface area contributed by atoms with Gasteiger partial charge in [0.2, 0.25) is 11.8 Å². The first-order valence-electron chi connectivity index (χ1n) is 7.71. The molecular weight excluding hydrogens is 431 g/mol. The lowest BCUT2D eigenvalue weighted by Crippen LogP contribution is -2.24. The molecule has 0 bridgehead atoms. The van der Waals surface area contributed by atoms with Gasteiger partial charge >= 0.3 is 0 Å². The van der Waals surface area contributed by atoms with Gasteiger partial charge in [0.05, 0.1) is 17.2 Å². The second-order valence-electron chi connectivity index (χ2n) is 5.42. The van der Waals surface area contributed by atoms with Crippen LogP contribution in [0.15, 0.2) is 29.4 Å². The molecule has 0 fully saturated rings. The van der Waals surface area contributed by atoms with E-state index in [1.54, 1.807) is 0 Å². The summed E-state index contributed by atoms with van der Waals surface area (Å²) in [7, 11) is -1.30. The Balaban J connectivity index is 2.11. The van der Waals surface area contributed by atoms with Gasteiger partial charge in [0, 0.05) is 7.05 Å². The smallest absolute Gasteiger partial charge is 0.264 e. The second-order valence-corrected chi connectivity index (χ2v) is 7.85. The van der Waals surface area contributed by atoms with E-state index >= 15 is 0 Å². The average Bonchev–Trinajstić information content (AvgIpc) is 3.02. The molecule has 10 nitrogen and oxygen atoms in total. The molecule has 0 aliphatic rings. The number of methoxy groups -OCH3 is 1. The summed E-state index contributed by atoms with van der Waals surface area (Å²) < 4.78 is 34.4. The summed E-state index contributed by atoms with van der Waals surface area (Å²) in [6.07, 6.45) is 1.14. The number of hydrogen-bond donors (Lipinski definition) is 2. The van der Waals surface area contributed by atoms with Crippen molar-refractivity contribution in [3.63, 3.8) is 0 Å². The summed E-state index contributed by atoms with van der Waals surface area (Å²) in [5, 5.41) is 6.77. The van der Waals surface area contributed by atoms with Gasteiger partial charge in [0.1, 0.15) is 23.2 Å². The van der Waals surface area contributed by atoms with E-state index in [-0.39, 0.29) is 50.1 Å². The molecule has 1 aromatic carbocycles. The number of rotatable bonds is 6. The third-order valence-electron chi connectivity index (χ3n) is 3.70. The fourth-order valence-corrected chi connectivity index (χ4v) is 4.18. The predicted octanol–water partition coefficient (Wildman–Crippen LogP) is 1.69. The zero-order chi connectivity index (χ0) is 20.5. The monoisotopic (exact) mass is 444 g/mol. The van der Waals surface area contributed by atoms with Crippen molar-refractivity contribution in [3.8, 4) is 5.88 Å². The first kappa shape index (κ1) is 20.1. The van der Waals surface area contributed by atoms with Crippen LogP contribution in [0, 0.1) is 0 Å². The molecule has 13 heteroatoms. The molecule has 2 heterocycles. The molecule has 0 radical (unpaired) electrons. The van der Waals surface area contributed by atoms with Gasteiger partial charge < -0.3 is 10.1 Å². The zero-order valence-electron chi connectivity index (χ0n) is 14.6. The minimum absolute atomic E-state index is 0.0504. The normalized spacial score (nSPS) is 11.4. The molecule has 0 unspecified atom stereocenters. The summed E-state index contributed by atoms with van der Waals surface area (Å²) in [6, 6.07) is 4.24. The quantitative estimate of drug-likeness (QED) is 0.591. The minimum Gasteiger partial charge on any atom is -0.479 e. The van der Waals surface area contributed by atoms with Crippen molar-refractivity contribution in [2.24, 2.45) is 0 Å². The molecule has 0 saturated heterocycles. The van der Waals surface area contributed by atoms with Crippen LogP contribution in [0.4, 0.5) is 5.82 Å². The number of fused-ring (bicyclic) bond motifs is 1. The number of nitrogens with zero attached hydrogens (tertiary/aromatic N) is 4. The zero-order valence-corrected chi connectivity index (χ0v) is 16.9. The Kier molecular flexibility index (Phi) is 5.59. The molecule has 1 amide bonds. The van der Waals surface area contributed by atoms with Crippen LogP contribution in [-0.2, 0) is 21.4 Å². The van der Waals surface area contributed by atoms with Crippen molar-refractivity contribution in [3.05, 3.63) is 34.6 Å². The number of carbonyl (C=O) groups is 1. The average molecular weight is 445 g/mol. The number of likely N-dealkylation sites (N-methyl/N-ethyl adjacent to an activating group) is 1. The number of halogens is 2. The molecule has 2 N–H and O–H groups in total. The van der Waals surface area contributed by atoms with Gasteiger partial charge in [0.15, 0.2) is 11.5 Å². The number of carbonyl (C=O) groups excluding carboxylic acids is 1. The molecule has 3 aromatic rings. The van der Waals surface area contributed by atoms with Crippen molar-refractivity contribution < 1.29 is 17.9 Å². The SMILES string of the molecule is CNC(=O)Cn1nc(OC)c2c(NS(=O)(=O)c3cccc(Cl)c3Cl)ncnc21. The van der Waals surface area contributed by atoms with Crippen LogP contribution < -0.4 is 14.8 Å². The molecule has 0 saturated carbocycles. The van der Waals surface area contributed by atoms with Crippen molar-refractivity contribution in [2.45, 2.75) is 11.4 Å².